The van der Waals surface area contributed by atoms with E-state index in [4.69, 9.17) is 0 Å². The van der Waals surface area contributed by atoms with Gasteiger partial charge in [-0.15, -0.1) is 0 Å². The lowest BCUT2D eigenvalue weighted by Crippen LogP contribution is -2.26. The first-order chi connectivity index (χ1) is 11.8. The molecule has 2 aromatic rings. The molecule has 1 fully saturated rings. The molecule has 2 N–H and O–H groups in total. The molecule has 6 nitrogen and oxygen atoms in total. The van der Waals surface area contributed by atoms with Crippen molar-refractivity contribution < 1.29 is 16.8 Å². The van der Waals surface area contributed by atoms with Gasteiger partial charge in [-0.2, -0.15) is 0 Å². The molecular weight excluding hydrogens is 360 g/mol. The summed E-state index contributed by atoms with van der Waals surface area (Å²) in [6.45, 7) is 2.01. The highest BCUT2D eigenvalue weighted by Gasteiger charge is 2.28. The van der Waals surface area contributed by atoms with Gasteiger partial charge in [0, 0.05) is 11.7 Å². The van der Waals surface area contributed by atoms with Crippen LogP contribution in [-0.4, -0.2) is 22.9 Å². The molecule has 0 unspecified atom stereocenters. The molecule has 0 amide bonds. The van der Waals surface area contributed by atoms with Gasteiger partial charge in [-0.1, -0.05) is 25.1 Å². The number of nitrogens with one attached hydrogen (secondary N) is 2. The monoisotopic (exact) mass is 380 g/mol. The Kier molecular flexibility index (Phi) is 4.86. The summed E-state index contributed by atoms with van der Waals surface area (Å²) in [6, 6.07) is 12.4. The first-order valence-corrected chi connectivity index (χ1v) is 11.0. The molecule has 1 saturated carbocycles. The Balaban J connectivity index is 1.85. The molecule has 1 aliphatic rings. The van der Waals surface area contributed by atoms with E-state index < -0.39 is 20.0 Å². The average molecular weight is 380 g/mol. The SMILES string of the molecule is CCc1ccc(NS(=O)(=O)c2cccc(S(=O)(=O)NC3CC3)c2)cc1. The van der Waals surface area contributed by atoms with E-state index in [0.717, 1.165) is 24.8 Å². The number of aryl methyl sites for hydroxylation is 1. The smallest absolute Gasteiger partial charge is 0.261 e. The van der Waals surface area contributed by atoms with Gasteiger partial charge in [0.25, 0.3) is 10.0 Å². The van der Waals surface area contributed by atoms with Gasteiger partial charge >= 0.3 is 0 Å². The summed E-state index contributed by atoms with van der Waals surface area (Å²) >= 11 is 0. The maximum atomic E-state index is 12.5. The van der Waals surface area contributed by atoms with Crippen LogP contribution in [0, 0.1) is 0 Å². The molecule has 0 radical (unpaired) electrons. The van der Waals surface area contributed by atoms with Crippen LogP contribution in [0.1, 0.15) is 25.3 Å². The summed E-state index contributed by atoms with van der Waals surface area (Å²) in [4.78, 5) is -0.144. The topological polar surface area (TPSA) is 92.3 Å². The van der Waals surface area contributed by atoms with Gasteiger partial charge in [0.2, 0.25) is 10.0 Å². The Morgan fingerprint density at radius 2 is 1.52 bits per heavy atom. The Labute approximate surface area is 148 Å². The van der Waals surface area contributed by atoms with Crippen molar-refractivity contribution >= 4 is 25.7 Å². The first-order valence-electron chi connectivity index (χ1n) is 8.04. The summed E-state index contributed by atoms with van der Waals surface area (Å²) in [6.07, 6.45) is 2.49. The van der Waals surface area contributed by atoms with Crippen LogP contribution in [0.4, 0.5) is 5.69 Å². The molecule has 0 spiro atoms. The lowest BCUT2D eigenvalue weighted by Gasteiger charge is -2.10. The van der Waals surface area contributed by atoms with Gasteiger partial charge in [0.1, 0.15) is 0 Å². The van der Waals surface area contributed by atoms with Crippen molar-refractivity contribution in [1.29, 1.82) is 0 Å². The molecule has 0 saturated heterocycles. The minimum Gasteiger partial charge on any atom is -0.280 e. The zero-order chi connectivity index (χ0) is 18.1. The third-order valence-electron chi connectivity index (χ3n) is 3.94. The predicted molar refractivity (Wildman–Crippen MR) is 96.4 cm³/mol. The number of anilines is 1. The maximum Gasteiger partial charge on any atom is 0.261 e. The van der Waals surface area contributed by atoms with E-state index in [1.165, 1.54) is 24.3 Å². The summed E-state index contributed by atoms with van der Waals surface area (Å²) in [5, 5.41) is 0. The fourth-order valence-corrected chi connectivity index (χ4v) is 4.85. The van der Waals surface area contributed by atoms with Crippen LogP contribution < -0.4 is 9.44 Å². The van der Waals surface area contributed by atoms with E-state index in [0.29, 0.717) is 5.69 Å². The van der Waals surface area contributed by atoms with Crippen LogP contribution in [0.25, 0.3) is 0 Å². The molecule has 0 aromatic heterocycles. The van der Waals surface area contributed by atoms with Crippen LogP contribution in [-0.2, 0) is 26.5 Å². The van der Waals surface area contributed by atoms with Crippen molar-refractivity contribution in [3.63, 3.8) is 0 Å². The Hall–Kier alpha value is -1.90. The Morgan fingerprint density at radius 1 is 0.920 bits per heavy atom. The summed E-state index contributed by atoms with van der Waals surface area (Å²) in [5.41, 5.74) is 1.53. The quantitative estimate of drug-likeness (QED) is 0.772. The van der Waals surface area contributed by atoms with Crippen LogP contribution >= 0.6 is 0 Å². The highest BCUT2D eigenvalue weighted by molar-refractivity contribution is 7.93. The van der Waals surface area contributed by atoms with Gasteiger partial charge < -0.3 is 0 Å². The van der Waals surface area contributed by atoms with Crippen LogP contribution in [0.15, 0.2) is 58.3 Å². The van der Waals surface area contributed by atoms with Crippen molar-refractivity contribution in [2.75, 3.05) is 4.72 Å². The highest BCUT2D eigenvalue weighted by atomic mass is 32.2. The normalized spacial score (nSPS) is 15.1. The predicted octanol–water partition coefficient (Wildman–Crippen LogP) is 2.49. The maximum absolute atomic E-state index is 12.5. The van der Waals surface area contributed by atoms with E-state index in [-0.39, 0.29) is 15.8 Å². The average Bonchev–Trinajstić information content (AvgIpc) is 3.39. The molecule has 0 heterocycles. The number of sulfonamides is 2. The lowest BCUT2D eigenvalue weighted by molar-refractivity contribution is 0.580. The number of rotatable bonds is 7. The molecule has 134 valence electrons. The Morgan fingerprint density at radius 3 is 2.08 bits per heavy atom. The van der Waals surface area contributed by atoms with Gasteiger partial charge in [0.15, 0.2) is 0 Å². The van der Waals surface area contributed by atoms with E-state index >= 15 is 0 Å². The van der Waals surface area contributed by atoms with Crippen LogP contribution in [0.5, 0.6) is 0 Å². The van der Waals surface area contributed by atoms with E-state index in [1.54, 1.807) is 12.1 Å². The molecule has 8 heteroatoms. The number of benzene rings is 2. The number of hydrogen-bond donors (Lipinski definition) is 2. The third-order valence-corrected chi connectivity index (χ3v) is 6.84. The van der Waals surface area contributed by atoms with Gasteiger partial charge in [-0.25, -0.2) is 21.6 Å². The summed E-state index contributed by atoms with van der Waals surface area (Å²) in [5.74, 6) is 0. The Bertz CT molecular complexity index is 964. The second kappa shape index (κ2) is 6.78. The molecule has 25 heavy (non-hydrogen) atoms. The van der Waals surface area contributed by atoms with Crippen molar-refractivity contribution in [3.8, 4) is 0 Å². The standard InChI is InChI=1S/C17H20N2O4S2/c1-2-13-6-8-14(9-7-13)18-24(20,21)16-4-3-5-17(12-16)25(22,23)19-15-10-11-15/h3-9,12,15,18-19H,2,10-11H2,1H3. The fraction of sp³-hybridized carbons (Fsp3) is 0.294. The van der Waals surface area contributed by atoms with Crippen molar-refractivity contribution in [2.24, 2.45) is 0 Å². The largest absolute Gasteiger partial charge is 0.280 e. The second-order valence-electron chi connectivity index (χ2n) is 6.03. The van der Waals surface area contributed by atoms with Crippen molar-refractivity contribution in [2.45, 2.75) is 42.0 Å². The van der Waals surface area contributed by atoms with Crippen molar-refractivity contribution in [3.05, 3.63) is 54.1 Å². The fourth-order valence-electron chi connectivity index (χ4n) is 2.32. The third kappa shape index (κ3) is 4.39. The minimum atomic E-state index is -3.87. The van der Waals surface area contributed by atoms with Crippen LogP contribution in [0.3, 0.4) is 0 Å². The molecule has 0 bridgehead atoms. The van der Waals surface area contributed by atoms with Gasteiger partial charge in [0.05, 0.1) is 9.79 Å². The molecular formula is C17H20N2O4S2. The van der Waals surface area contributed by atoms with E-state index in [9.17, 15) is 16.8 Å². The second-order valence-corrected chi connectivity index (χ2v) is 9.42. The number of hydrogen-bond acceptors (Lipinski definition) is 4. The zero-order valence-electron chi connectivity index (χ0n) is 13.8. The minimum absolute atomic E-state index is 0.0412. The van der Waals surface area contributed by atoms with Crippen LogP contribution in [0.2, 0.25) is 0 Å². The van der Waals surface area contributed by atoms with Gasteiger partial charge in [-0.3, -0.25) is 4.72 Å². The van der Waals surface area contributed by atoms with Crippen molar-refractivity contribution in [1.82, 2.24) is 4.72 Å². The zero-order valence-corrected chi connectivity index (χ0v) is 15.4. The first kappa shape index (κ1) is 17.9. The molecule has 0 aliphatic heterocycles. The highest BCUT2D eigenvalue weighted by Crippen LogP contribution is 2.24. The molecule has 3 rings (SSSR count). The van der Waals surface area contributed by atoms with E-state index in [1.807, 2.05) is 19.1 Å². The summed E-state index contributed by atoms with van der Waals surface area (Å²) in [7, 11) is -7.57. The molecule has 2 aromatic carbocycles. The molecule has 1 aliphatic carbocycles. The van der Waals surface area contributed by atoms with E-state index in [2.05, 4.69) is 9.44 Å². The lowest BCUT2D eigenvalue weighted by atomic mass is 10.2. The van der Waals surface area contributed by atoms with Gasteiger partial charge in [-0.05, 0) is 55.2 Å². The molecule has 0 atom stereocenters. The summed E-state index contributed by atoms with van der Waals surface area (Å²) < 4.78 is 54.6.